The van der Waals surface area contributed by atoms with Crippen molar-refractivity contribution in [1.82, 2.24) is 24.4 Å². The number of hydrogen-bond donors (Lipinski definition) is 1. The second kappa shape index (κ2) is 14.2. The summed E-state index contributed by atoms with van der Waals surface area (Å²) >= 11 is 0. The fraction of sp³-hybridized carbons (Fsp3) is 0.429. The van der Waals surface area contributed by atoms with Gasteiger partial charge in [-0.25, -0.2) is 9.97 Å². The molecule has 11 nitrogen and oxygen atoms in total. The Bertz CT molecular complexity index is 1740. The molecule has 1 saturated carbocycles. The molecule has 4 heterocycles. The zero-order valence-electron chi connectivity index (χ0n) is 26.6. The molecule has 4 aromatic rings. The van der Waals surface area contributed by atoms with Gasteiger partial charge in [0, 0.05) is 49.4 Å². The third kappa shape index (κ3) is 6.94. The lowest BCUT2D eigenvalue weighted by molar-refractivity contribution is 0.101. The molecule has 0 unspecified atom stereocenters. The van der Waals surface area contributed by atoms with Gasteiger partial charge in [-0.1, -0.05) is 12.8 Å². The minimum absolute atomic E-state index is 0.0302. The molecule has 1 saturated heterocycles. The van der Waals surface area contributed by atoms with E-state index < -0.39 is 0 Å². The number of nitrogens with zero attached hydrogens (tertiary/aromatic N) is 6. The van der Waals surface area contributed by atoms with Crippen LogP contribution in [0.25, 0.3) is 11.0 Å². The average molecular weight is 624 g/mol. The van der Waals surface area contributed by atoms with Gasteiger partial charge in [-0.3, -0.25) is 23.9 Å². The molecule has 0 bridgehead atoms. The fourth-order valence-electron chi connectivity index (χ4n) is 6.57. The highest BCUT2D eigenvalue weighted by Gasteiger charge is 2.26. The number of aryl methyl sites for hydroxylation is 1. The van der Waals surface area contributed by atoms with Gasteiger partial charge in [-0.15, -0.1) is 0 Å². The number of anilines is 3. The van der Waals surface area contributed by atoms with Gasteiger partial charge in [-0.2, -0.15) is 4.98 Å². The van der Waals surface area contributed by atoms with Crippen molar-refractivity contribution in [3.05, 3.63) is 75.8 Å². The number of carbonyl (C=O) groups excluding carboxylic acids is 2. The number of ketones is 1. The van der Waals surface area contributed by atoms with E-state index in [1.807, 2.05) is 24.4 Å². The Balaban J connectivity index is 1.03. The lowest BCUT2D eigenvalue weighted by Gasteiger charge is -2.36. The van der Waals surface area contributed by atoms with Crippen LogP contribution in [-0.2, 0) is 0 Å². The second-order valence-electron chi connectivity index (χ2n) is 12.2. The third-order valence-electron chi connectivity index (χ3n) is 9.13. The summed E-state index contributed by atoms with van der Waals surface area (Å²) in [4.78, 5) is 55.4. The smallest absolute Gasteiger partial charge is 0.263 e. The summed E-state index contributed by atoms with van der Waals surface area (Å²) in [6.45, 7) is 8.80. The van der Waals surface area contributed by atoms with E-state index in [9.17, 15) is 14.4 Å². The number of aromatic nitrogens is 4. The van der Waals surface area contributed by atoms with Crippen LogP contribution in [-0.4, -0.2) is 75.8 Å². The van der Waals surface area contributed by atoms with Crippen LogP contribution < -0.4 is 20.5 Å². The number of unbranched alkanes of at least 4 members (excludes halogenated alkanes) is 1. The van der Waals surface area contributed by atoms with Crippen LogP contribution in [0.15, 0.2) is 53.6 Å². The SMILES string of the molecule is CC(=O)c1c(C)c2cnc(Nc3ccc(N4CCN(CCCCOc5ccc(C=O)cc5)CC4)cn3)nc2n(C2CCCC2)c1=O. The molecular weight excluding hydrogens is 582 g/mol. The van der Waals surface area contributed by atoms with Crippen molar-refractivity contribution in [2.24, 2.45) is 0 Å². The molecule has 1 aliphatic heterocycles. The summed E-state index contributed by atoms with van der Waals surface area (Å²) in [6.07, 6.45) is 10.4. The molecule has 0 atom stereocenters. The monoisotopic (exact) mass is 623 g/mol. The Morgan fingerprint density at radius 1 is 1.00 bits per heavy atom. The van der Waals surface area contributed by atoms with Crippen molar-refractivity contribution in [2.75, 3.05) is 49.5 Å². The van der Waals surface area contributed by atoms with Crippen LogP contribution in [0.3, 0.4) is 0 Å². The van der Waals surface area contributed by atoms with E-state index in [0.717, 1.165) is 94.4 Å². The summed E-state index contributed by atoms with van der Waals surface area (Å²) in [7, 11) is 0. The molecule has 240 valence electrons. The van der Waals surface area contributed by atoms with Gasteiger partial charge in [0.15, 0.2) is 5.78 Å². The quantitative estimate of drug-likeness (QED) is 0.126. The highest BCUT2D eigenvalue weighted by molar-refractivity contribution is 5.99. The maximum Gasteiger partial charge on any atom is 0.263 e. The van der Waals surface area contributed by atoms with Gasteiger partial charge >= 0.3 is 0 Å². The zero-order chi connectivity index (χ0) is 32.0. The summed E-state index contributed by atoms with van der Waals surface area (Å²) in [5.74, 6) is 1.55. The highest BCUT2D eigenvalue weighted by Crippen LogP contribution is 2.32. The van der Waals surface area contributed by atoms with Crippen molar-refractivity contribution in [2.45, 2.75) is 58.4 Å². The van der Waals surface area contributed by atoms with Crippen LogP contribution in [0.1, 0.15) is 77.8 Å². The molecule has 6 rings (SSSR count). The number of carbonyl (C=O) groups is 2. The summed E-state index contributed by atoms with van der Waals surface area (Å²) in [6, 6.07) is 11.2. The van der Waals surface area contributed by atoms with Crippen molar-refractivity contribution < 1.29 is 14.3 Å². The molecule has 0 radical (unpaired) electrons. The van der Waals surface area contributed by atoms with Crippen molar-refractivity contribution in [3.63, 3.8) is 0 Å². The summed E-state index contributed by atoms with van der Waals surface area (Å²) in [5, 5.41) is 3.93. The van der Waals surface area contributed by atoms with Gasteiger partial charge in [0.25, 0.3) is 5.56 Å². The Hall–Kier alpha value is -4.64. The van der Waals surface area contributed by atoms with E-state index >= 15 is 0 Å². The summed E-state index contributed by atoms with van der Waals surface area (Å²) in [5.41, 5.74) is 2.88. The molecule has 0 amide bonds. The number of piperazine rings is 1. The maximum absolute atomic E-state index is 13.5. The van der Waals surface area contributed by atoms with E-state index in [4.69, 9.17) is 9.72 Å². The first-order chi connectivity index (χ1) is 22.4. The normalized spacial score (nSPS) is 15.7. The standard InChI is InChI=1S/C35H41N7O4/c1-24-30-22-37-35(39-33(30)42(27-7-3-4-8-27)34(45)32(24)25(2)44)38-31-14-11-28(21-36-31)41-18-16-40(17-19-41)15-5-6-20-46-29-12-9-26(23-43)10-13-29/h9-14,21-23,27H,3-8,15-20H2,1-2H3,(H,36,37,38,39). The summed E-state index contributed by atoms with van der Waals surface area (Å²) < 4.78 is 7.52. The number of fused-ring (bicyclic) bond motifs is 1. The zero-order valence-corrected chi connectivity index (χ0v) is 26.6. The van der Waals surface area contributed by atoms with Crippen molar-refractivity contribution in [1.29, 1.82) is 0 Å². The number of aldehydes is 1. The van der Waals surface area contributed by atoms with Gasteiger partial charge in [0.05, 0.1) is 24.1 Å². The molecule has 1 aliphatic carbocycles. The fourth-order valence-corrected chi connectivity index (χ4v) is 6.57. The minimum Gasteiger partial charge on any atom is -0.494 e. The minimum atomic E-state index is -0.260. The lowest BCUT2D eigenvalue weighted by Crippen LogP contribution is -2.46. The van der Waals surface area contributed by atoms with Crippen LogP contribution in [0.4, 0.5) is 17.5 Å². The van der Waals surface area contributed by atoms with Crippen LogP contribution in [0, 0.1) is 6.92 Å². The molecule has 2 aliphatic rings. The van der Waals surface area contributed by atoms with Gasteiger partial charge in [0.2, 0.25) is 5.95 Å². The number of Topliss-reactive ketones (excluding diaryl/α,β-unsaturated/α-hetero) is 1. The Morgan fingerprint density at radius 3 is 2.43 bits per heavy atom. The highest BCUT2D eigenvalue weighted by atomic mass is 16.5. The molecule has 11 heteroatoms. The largest absolute Gasteiger partial charge is 0.494 e. The molecule has 1 aromatic carbocycles. The van der Waals surface area contributed by atoms with Crippen LogP contribution in [0.5, 0.6) is 5.75 Å². The topological polar surface area (TPSA) is 123 Å². The number of benzene rings is 1. The molecule has 0 spiro atoms. The van der Waals surface area contributed by atoms with Gasteiger partial charge in [0.1, 0.15) is 23.5 Å². The Labute approximate surface area is 268 Å². The second-order valence-corrected chi connectivity index (χ2v) is 12.2. The van der Waals surface area contributed by atoms with Gasteiger partial charge in [-0.05, 0) is 88.0 Å². The van der Waals surface area contributed by atoms with Crippen LogP contribution in [0.2, 0.25) is 0 Å². The lowest BCUT2D eigenvalue weighted by atomic mass is 10.0. The van der Waals surface area contributed by atoms with E-state index in [-0.39, 0.29) is 22.9 Å². The predicted octanol–water partition coefficient (Wildman–Crippen LogP) is 5.35. The number of ether oxygens (including phenoxy) is 1. The molecule has 3 aromatic heterocycles. The van der Waals surface area contributed by atoms with Gasteiger partial charge < -0.3 is 15.0 Å². The maximum atomic E-state index is 13.5. The predicted molar refractivity (Wildman–Crippen MR) is 179 cm³/mol. The number of pyridine rings is 2. The van der Waals surface area contributed by atoms with E-state index in [1.165, 1.54) is 6.92 Å². The molecular formula is C35H41N7O4. The van der Waals surface area contributed by atoms with E-state index in [0.29, 0.717) is 35.1 Å². The van der Waals surface area contributed by atoms with Crippen molar-refractivity contribution >= 4 is 40.6 Å². The number of nitrogens with one attached hydrogen (secondary N) is 1. The van der Waals surface area contributed by atoms with E-state index in [2.05, 4.69) is 31.2 Å². The average Bonchev–Trinajstić information content (AvgIpc) is 3.60. The third-order valence-corrected chi connectivity index (χ3v) is 9.13. The Kier molecular flexibility index (Phi) is 9.68. The molecule has 1 N–H and O–H groups in total. The Morgan fingerprint density at radius 2 is 1.76 bits per heavy atom. The molecule has 46 heavy (non-hydrogen) atoms. The van der Waals surface area contributed by atoms with Crippen LogP contribution >= 0.6 is 0 Å². The van der Waals surface area contributed by atoms with Crippen molar-refractivity contribution in [3.8, 4) is 5.75 Å². The number of rotatable bonds is 12. The first-order valence-electron chi connectivity index (χ1n) is 16.2. The first kappa shape index (κ1) is 31.3. The van der Waals surface area contributed by atoms with E-state index in [1.54, 1.807) is 29.8 Å². The number of hydrogen-bond acceptors (Lipinski definition) is 10. The first-order valence-corrected chi connectivity index (χ1v) is 16.2. The molecule has 2 fully saturated rings.